The lowest BCUT2D eigenvalue weighted by Gasteiger charge is -2.12. The zero-order chi connectivity index (χ0) is 15.9. The molecule has 22 heavy (non-hydrogen) atoms. The van der Waals surface area contributed by atoms with Gasteiger partial charge in [-0.15, -0.1) is 0 Å². The van der Waals surface area contributed by atoms with Gasteiger partial charge in [0.05, 0.1) is 23.5 Å². The van der Waals surface area contributed by atoms with E-state index in [2.05, 4.69) is 10.1 Å². The summed E-state index contributed by atoms with van der Waals surface area (Å²) in [6.45, 7) is 5.56. The number of carbonyl (C=O) groups excluding carboxylic acids is 1. The molecule has 0 bridgehead atoms. The maximum absolute atomic E-state index is 12.5. The summed E-state index contributed by atoms with van der Waals surface area (Å²) in [4.78, 5) is 16.8. The van der Waals surface area contributed by atoms with Crippen molar-refractivity contribution in [3.63, 3.8) is 0 Å². The largest absolute Gasteiger partial charge is 0.446 e. The number of aryl methyl sites for hydroxylation is 2. The molecule has 114 valence electrons. The van der Waals surface area contributed by atoms with E-state index in [9.17, 15) is 4.79 Å². The first kappa shape index (κ1) is 14.3. The van der Waals surface area contributed by atoms with Crippen molar-refractivity contribution in [3.05, 3.63) is 36.4 Å². The first-order valence-corrected chi connectivity index (χ1v) is 7.14. The molecule has 0 amide bonds. The molecule has 0 saturated carbocycles. The fourth-order valence-corrected chi connectivity index (χ4v) is 2.42. The van der Waals surface area contributed by atoms with Crippen molar-refractivity contribution in [2.24, 2.45) is 7.05 Å². The molecule has 0 radical (unpaired) electrons. The summed E-state index contributed by atoms with van der Waals surface area (Å²) in [6.07, 6.45) is 4.79. The van der Waals surface area contributed by atoms with E-state index in [4.69, 9.17) is 4.74 Å². The Hall–Kier alpha value is -2.63. The highest BCUT2D eigenvalue weighted by molar-refractivity contribution is 5.95. The molecular weight excluding hydrogens is 280 g/mol. The van der Waals surface area contributed by atoms with Crippen LogP contribution >= 0.6 is 0 Å². The summed E-state index contributed by atoms with van der Waals surface area (Å²) in [5.41, 5.74) is 3.25. The summed E-state index contributed by atoms with van der Waals surface area (Å²) in [5, 5.41) is 5.07. The number of carbonyl (C=O) groups is 1. The first-order chi connectivity index (χ1) is 10.5. The van der Waals surface area contributed by atoms with Crippen molar-refractivity contribution in [1.82, 2.24) is 19.3 Å². The van der Waals surface area contributed by atoms with Crippen LogP contribution < -0.4 is 0 Å². The average Bonchev–Trinajstić information content (AvgIpc) is 3.00. The van der Waals surface area contributed by atoms with Gasteiger partial charge in [0.25, 0.3) is 0 Å². The van der Waals surface area contributed by atoms with Crippen LogP contribution in [0.4, 0.5) is 4.79 Å². The lowest BCUT2D eigenvalue weighted by molar-refractivity contribution is 0.118. The van der Waals surface area contributed by atoms with Gasteiger partial charge in [-0.05, 0) is 32.9 Å². The van der Waals surface area contributed by atoms with E-state index in [0.29, 0.717) is 0 Å². The van der Waals surface area contributed by atoms with E-state index < -0.39 is 6.09 Å². The van der Waals surface area contributed by atoms with Crippen LogP contribution in [0.5, 0.6) is 0 Å². The number of hydrogen-bond acceptors (Lipinski definition) is 4. The standard InChI is InChI=1S/C16H18N4O2/c1-10(2)22-16(21)20-14-5-11(3)17-7-12(14)6-15(20)13-8-18-19(4)9-13/h5-10H,1-4H3. The van der Waals surface area contributed by atoms with Gasteiger partial charge in [-0.3, -0.25) is 9.67 Å². The predicted octanol–water partition coefficient (Wildman–Crippen LogP) is 3.14. The second-order valence-corrected chi connectivity index (χ2v) is 5.58. The van der Waals surface area contributed by atoms with Crippen LogP contribution in [-0.2, 0) is 11.8 Å². The quantitative estimate of drug-likeness (QED) is 0.729. The topological polar surface area (TPSA) is 61.9 Å². The van der Waals surface area contributed by atoms with Crippen molar-refractivity contribution in [3.8, 4) is 11.3 Å². The molecule has 6 heteroatoms. The van der Waals surface area contributed by atoms with E-state index in [1.807, 2.05) is 46.1 Å². The van der Waals surface area contributed by atoms with Crippen molar-refractivity contribution in [1.29, 1.82) is 0 Å². The number of nitrogens with zero attached hydrogens (tertiary/aromatic N) is 4. The average molecular weight is 298 g/mol. The van der Waals surface area contributed by atoms with Gasteiger partial charge in [0.1, 0.15) is 0 Å². The van der Waals surface area contributed by atoms with E-state index in [0.717, 1.165) is 27.9 Å². The summed E-state index contributed by atoms with van der Waals surface area (Å²) < 4.78 is 8.68. The Morgan fingerprint density at radius 1 is 1.27 bits per heavy atom. The fraction of sp³-hybridized carbons (Fsp3) is 0.312. The van der Waals surface area contributed by atoms with Gasteiger partial charge in [-0.2, -0.15) is 5.10 Å². The molecule has 0 unspecified atom stereocenters. The van der Waals surface area contributed by atoms with Crippen molar-refractivity contribution in [2.45, 2.75) is 26.9 Å². The Kier molecular flexibility index (Phi) is 3.44. The third-order valence-corrected chi connectivity index (χ3v) is 3.34. The minimum absolute atomic E-state index is 0.186. The molecule has 3 heterocycles. The summed E-state index contributed by atoms with van der Waals surface area (Å²) >= 11 is 0. The van der Waals surface area contributed by atoms with Gasteiger partial charge in [0, 0.05) is 36.1 Å². The lowest BCUT2D eigenvalue weighted by Crippen LogP contribution is -2.18. The van der Waals surface area contributed by atoms with Gasteiger partial charge < -0.3 is 4.74 Å². The Bertz CT molecular complexity index is 845. The van der Waals surface area contributed by atoms with E-state index >= 15 is 0 Å². The molecule has 0 atom stereocenters. The van der Waals surface area contributed by atoms with E-state index in [1.54, 1.807) is 21.6 Å². The zero-order valence-electron chi connectivity index (χ0n) is 13.1. The highest BCUT2D eigenvalue weighted by Gasteiger charge is 2.19. The normalized spacial score (nSPS) is 11.3. The van der Waals surface area contributed by atoms with Crippen molar-refractivity contribution in [2.75, 3.05) is 0 Å². The smallest absolute Gasteiger partial charge is 0.419 e. The minimum Gasteiger partial charge on any atom is -0.446 e. The molecule has 0 aliphatic carbocycles. The number of fused-ring (bicyclic) bond motifs is 1. The van der Waals surface area contributed by atoms with E-state index in [1.165, 1.54) is 0 Å². The molecule has 0 spiro atoms. The van der Waals surface area contributed by atoms with Crippen LogP contribution in [-0.4, -0.2) is 31.5 Å². The Morgan fingerprint density at radius 2 is 2.05 bits per heavy atom. The van der Waals surface area contributed by atoms with Gasteiger partial charge in [0.15, 0.2) is 0 Å². The number of pyridine rings is 1. The molecular formula is C16H18N4O2. The molecule has 0 aromatic carbocycles. The third kappa shape index (κ3) is 2.47. The highest BCUT2D eigenvalue weighted by Crippen LogP contribution is 2.28. The summed E-state index contributed by atoms with van der Waals surface area (Å²) in [6, 6.07) is 3.82. The Balaban J connectivity index is 2.24. The van der Waals surface area contributed by atoms with Crippen LogP contribution in [0.2, 0.25) is 0 Å². The second kappa shape index (κ2) is 5.29. The van der Waals surface area contributed by atoms with Crippen LogP contribution in [0.3, 0.4) is 0 Å². The highest BCUT2D eigenvalue weighted by atomic mass is 16.6. The van der Waals surface area contributed by atoms with Crippen molar-refractivity contribution < 1.29 is 9.53 Å². The second-order valence-electron chi connectivity index (χ2n) is 5.58. The molecule has 0 aliphatic rings. The monoisotopic (exact) mass is 298 g/mol. The van der Waals surface area contributed by atoms with Crippen LogP contribution in [0, 0.1) is 6.92 Å². The molecule has 0 aliphatic heterocycles. The lowest BCUT2D eigenvalue weighted by atomic mass is 10.2. The van der Waals surface area contributed by atoms with Crippen LogP contribution in [0.15, 0.2) is 30.7 Å². The molecule has 3 aromatic heterocycles. The fourth-order valence-electron chi connectivity index (χ4n) is 2.42. The summed E-state index contributed by atoms with van der Waals surface area (Å²) in [7, 11) is 1.84. The van der Waals surface area contributed by atoms with Crippen LogP contribution in [0.1, 0.15) is 19.5 Å². The van der Waals surface area contributed by atoms with E-state index in [-0.39, 0.29) is 6.10 Å². The molecule has 0 saturated heterocycles. The molecule has 6 nitrogen and oxygen atoms in total. The number of ether oxygens (including phenoxy) is 1. The maximum atomic E-state index is 12.5. The molecule has 0 N–H and O–H groups in total. The van der Waals surface area contributed by atoms with Gasteiger partial charge in [0.2, 0.25) is 0 Å². The van der Waals surface area contributed by atoms with Gasteiger partial charge in [-0.1, -0.05) is 0 Å². The predicted molar refractivity (Wildman–Crippen MR) is 83.7 cm³/mol. The SMILES string of the molecule is Cc1cc2c(cn1)cc(-c1cnn(C)c1)n2C(=O)OC(C)C. The molecule has 3 aromatic rings. The summed E-state index contributed by atoms with van der Waals surface area (Å²) in [5.74, 6) is 0. The zero-order valence-corrected chi connectivity index (χ0v) is 13.1. The van der Waals surface area contributed by atoms with Gasteiger partial charge in [-0.25, -0.2) is 9.36 Å². The molecule has 3 rings (SSSR count). The minimum atomic E-state index is -0.394. The van der Waals surface area contributed by atoms with Crippen molar-refractivity contribution >= 4 is 17.0 Å². The van der Waals surface area contributed by atoms with Gasteiger partial charge >= 0.3 is 6.09 Å². The molecule has 0 fully saturated rings. The number of hydrogen-bond donors (Lipinski definition) is 0. The van der Waals surface area contributed by atoms with Crippen LogP contribution in [0.25, 0.3) is 22.2 Å². The number of aromatic nitrogens is 4. The third-order valence-electron chi connectivity index (χ3n) is 3.34. The Morgan fingerprint density at radius 3 is 2.68 bits per heavy atom. The first-order valence-electron chi connectivity index (χ1n) is 7.14. The maximum Gasteiger partial charge on any atom is 0.419 e. The number of rotatable bonds is 2. The Labute approximate surface area is 128 Å².